The zero-order chi connectivity index (χ0) is 13.0. The maximum atomic E-state index is 10.9. The second-order valence-electron chi connectivity index (χ2n) is 4.59. The molecule has 18 heavy (non-hydrogen) atoms. The minimum Gasteiger partial charge on any atom is -0.299 e. The Labute approximate surface area is 112 Å². The smallest absolute Gasteiger partial charge is 0.297 e. The van der Waals surface area contributed by atoms with E-state index in [2.05, 4.69) is 21.8 Å². The highest BCUT2D eigenvalue weighted by Gasteiger charge is 2.22. The third kappa shape index (κ3) is 4.57. The molecule has 1 aliphatic rings. The van der Waals surface area contributed by atoms with Gasteiger partial charge in [-0.25, -0.2) is 0 Å². The van der Waals surface area contributed by atoms with Crippen LogP contribution in [-0.4, -0.2) is 32.4 Å². The molecule has 0 amide bonds. The van der Waals surface area contributed by atoms with Crippen LogP contribution in [0.1, 0.15) is 18.4 Å². The van der Waals surface area contributed by atoms with Crippen LogP contribution in [0, 0.1) is 0 Å². The Morgan fingerprint density at radius 2 is 1.83 bits per heavy atom. The van der Waals surface area contributed by atoms with Gasteiger partial charge in [-0.1, -0.05) is 30.3 Å². The van der Waals surface area contributed by atoms with E-state index in [-0.39, 0.29) is 6.04 Å². The van der Waals surface area contributed by atoms with E-state index in [9.17, 15) is 8.42 Å². The quantitative estimate of drug-likeness (QED) is 0.859. The second kappa shape index (κ2) is 6.02. The molecular formula is C12H17ClN2O2S. The monoisotopic (exact) mass is 288 g/mol. The largest absolute Gasteiger partial charge is 0.299 e. The summed E-state index contributed by atoms with van der Waals surface area (Å²) in [7, 11) is 1.58. The molecule has 1 saturated heterocycles. The topological polar surface area (TPSA) is 49.4 Å². The molecule has 1 heterocycles. The van der Waals surface area contributed by atoms with Gasteiger partial charge in [0.1, 0.15) is 0 Å². The molecule has 0 aliphatic carbocycles. The highest BCUT2D eigenvalue weighted by atomic mass is 35.7. The lowest BCUT2D eigenvalue weighted by atomic mass is 10.1. The number of nitrogens with one attached hydrogen (secondary N) is 1. The van der Waals surface area contributed by atoms with Crippen molar-refractivity contribution >= 4 is 19.9 Å². The molecule has 1 aromatic carbocycles. The van der Waals surface area contributed by atoms with Gasteiger partial charge in [0, 0.05) is 36.4 Å². The molecule has 0 aromatic heterocycles. The van der Waals surface area contributed by atoms with Crippen LogP contribution in [0.25, 0.3) is 0 Å². The second-order valence-corrected chi connectivity index (χ2v) is 6.92. The van der Waals surface area contributed by atoms with Crippen molar-refractivity contribution in [3.8, 4) is 0 Å². The Balaban J connectivity index is 1.80. The average Bonchev–Trinajstić information content (AvgIpc) is 2.31. The summed E-state index contributed by atoms with van der Waals surface area (Å²) in [4.78, 5) is 2.33. The number of hydrogen-bond acceptors (Lipinski definition) is 3. The fourth-order valence-corrected chi connectivity index (χ4v) is 3.26. The standard InChI is InChI=1S/C12H17ClN2O2S/c13-18(16,17)14-12-6-8-15(9-7-12)10-11-4-2-1-3-5-11/h1-5,12,14H,6-10H2. The minimum absolute atomic E-state index is 0.0282. The number of piperidine rings is 1. The lowest BCUT2D eigenvalue weighted by molar-refractivity contribution is 0.200. The summed E-state index contributed by atoms with van der Waals surface area (Å²) in [5.41, 5.74) is 1.29. The first kappa shape index (κ1) is 13.8. The Morgan fingerprint density at radius 3 is 2.39 bits per heavy atom. The van der Waals surface area contributed by atoms with Crippen molar-refractivity contribution in [2.75, 3.05) is 13.1 Å². The van der Waals surface area contributed by atoms with Crippen LogP contribution in [0.3, 0.4) is 0 Å². The molecule has 0 atom stereocenters. The van der Waals surface area contributed by atoms with Crippen LogP contribution < -0.4 is 4.72 Å². The Hall–Kier alpha value is -0.620. The molecule has 0 radical (unpaired) electrons. The lowest BCUT2D eigenvalue weighted by Gasteiger charge is -2.31. The van der Waals surface area contributed by atoms with Crippen LogP contribution in [0.15, 0.2) is 30.3 Å². The number of benzene rings is 1. The first-order chi connectivity index (χ1) is 8.53. The normalized spacial score (nSPS) is 18.9. The molecule has 1 fully saturated rings. The molecule has 6 heteroatoms. The van der Waals surface area contributed by atoms with Crippen LogP contribution in [0.4, 0.5) is 0 Å². The van der Waals surface area contributed by atoms with Crippen molar-refractivity contribution in [2.24, 2.45) is 0 Å². The number of hydrogen-bond donors (Lipinski definition) is 1. The van der Waals surface area contributed by atoms with Crippen LogP contribution in [0.2, 0.25) is 0 Å². The SMILES string of the molecule is O=S(=O)(Cl)NC1CCN(Cc2ccccc2)CC1. The van der Waals surface area contributed by atoms with E-state index in [1.807, 2.05) is 18.2 Å². The van der Waals surface area contributed by atoms with Crippen molar-refractivity contribution in [2.45, 2.75) is 25.4 Å². The van der Waals surface area contributed by atoms with Gasteiger partial charge in [-0.05, 0) is 18.4 Å². The summed E-state index contributed by atoms with van der Waals surface area (Å²) < 4.78 is 24.3. The molecule has 2 rings (SSSR count). The highest BCUT2D eigenvalue weighted by Crippen LogP contribution is 2.14. The Kier molecular flexibility index (Phi) is 4.61. The third-order valence-corrected chi connectivity index (χ3v) is 4.03. The molecular weight excluding hydrogens is 272 g/mol. The van der Waals surface area contributed by atoms with Crippen molar-refractivity contribution in [3.05, 3.63) is 35.9 Å². The summed E-state index contributed by atoms with van der Waals surface area (Å²) in [6, 6.07) is 10.2. The summed E-state index contributed by atoms with van der Waals surface area (Å²) in [5.74, 6) is 0. The van der Waals surface area contributed by atoms with Crippen LogP contribution >= 0.6 is 10.7 Å². The van der Waals surface area contributed by atoms with Gasteiger partial charge in [0.2, 0.25) is 0 Å². The zero-order valence-corrected chi connectivity index (χ0v) is 11.6. The van der Waals surface area contributed by atoms with Crippen molar-refractivity contribution < 1.29 is 8.42 Å². The minimum atomic E-state index is -3.60. The van der Waals surface area contributed by atoms with Crippen molar-refractivity contribution in [1.29, 1.82) is 0 Å². The van der Waals surface area contributed by atoms with E-state index in [4.69, 9.17) is 10.7 Å². The average molecular weight is 289 g/mol. The lowest BCUT2D eigenvalue weighted by Crippen LogP contribution is -2.43. The third-order valence-electron chi connectivity index (χ3n) is 3.14. The molecule has 100 valence electrons. The molecule has 4 nitrogen and oxygen atoms in total. The first-order valence-electron chi connectivity index (χ1n) is 6.01. The Morgan fingerprint density at radius 1 is 1.22 bits per heavy atom. The highest BCUT2D eigenvalue weighted by molar-refractivity contribution is 8.12. The number of rotatable bonds is 4. The maximum Gasteiger partial charge on any atom is 0.297 e. The molecule has 1 aliphatic heterocycles. The maximum absolute atomic E-state index is 10.9. The Bertz CT molecular complexity index is 470. The zero-order valence-electron chi connectivity index (χ0n) is 10.0. The summed E-state index contributed by atoms with van der Waals surface area (Å²) >= 11 is 0. The van der Waals surface area contributed by atoms with E-state index in [1.165, 1.54) is 5.56 Å². The van der Waals surface area contributed by atoms with Crippen LogP contribution in [0.5, 0.6) is 0 Å². The number of halogens is 1. The van der Waals surface area contributed by atoms with E-state index >= 15 is 0 Å². The fraction of sp³-hybridized carbons (Fsp3) is 0.500. The van der Waals surface area contributed by atoms with Gasteiger partial charge in [0.05, 0.1) is 0 Å². The van der Waals surface area contributed by atoms with E-state index < -0.39 is 9.24 Å². The van der Waals surface area contributed by atoms with Crippen molar-refractivity contribution in [3.63, 3.8) is 0 Å². The number of nitrogens with zero attached hydrogens (tertiary/aromatic N) is 1. The van der Waals surface area contributed by atoms with Gasteiger partial charge >= 0.3 is 0 Å². The van der Waals surface area contributed by atoms with Gasteiger partial charge in [-0.2, -0.15) is 13.1 Å². The predicted octanol–water partition coefficient (Wildman–Crippen LogP) is 1.72. The molecule has 1 aromatic rings. The van der Waals surface area contributed by atoms with Gasteiger partial charge < -0.3 is 0 Å². The fourth-order valence-electron chi connectivity index (χ4n) is 2.25. The van der Waals surface area contributed by atoms with Crippen LogP contribution in [-0.2, 0) is 15.8 Å². The van der Waals surface area contributed by atoms with Gasteiger partial charge in [-0.15, -0.1) is 0 Å². The summed E-state index contributed by atoms with van der Waals surface area (Å²) in [5, 5.41) is 0. The molecule has 0 bridgehead atoms. The van der Waals surface area contributed by atoms with Gasteiger partial charge in [0.15, 0.2) is 0 Å². The molecule has 1 N–H and O–H groups in total. The summed E-state index contributed by atoms with van der Waals surface area (Å²) in [6.07, 6.45) is 1.61. The molecule has 0 saturated carbocycles. The predicted molar refractivity (Wildman–Crippen MR) is 72.6 cm³/mol. The van der Waals surface area contributed by atoms with Gasteiger partial charge in [-0.3, -0.25) is 4.90 Å². The van der Waals surface area contributed by atoms with E-state index in [1.54, 1.807) is 0 Å². The summed E-state index contributed by atoms with van der Waals surface area (Å²) in [6.45, 7) is 2.69. The van der Waals surface area contributed by atoms with Crippen molar-refractivity contribution in [1.82, 2.24) is 9.62 Å². The van der Waals surface area contributed by atoms with Gasteiger partial charge in [0.25, 0.3) is 9.24 Å². The van der Waals surface area contributed by atoms with E-state index in [0.717, 1.165) is 32.5 Å². The molecule has 0 unspecified atom stereocenters. The number of likely N-dealkylation sites (tertiary alicyclic amines) is 1. The van der Waals surface area contributed by atoms with E-state index in [0.29, 0.717) is 0 Å². The molecule has 0 spiro atoms. The first-order valence-corrected chi connectivity index (χ1v) is 8.32.